The number of Topliss-reactive ketones (excluding diaryl/α,β-unsaturated/α-hetero) is 1. The van der Waals surface area contributed by atoms with Gasteiger partial charge in [0.15, 0.2) is 0 Å². The summed E-state index contributed by atoms with van der Waals surface area (Å²) in [5.74, 6) is -0.536. The van der Waals surface area contributed by atoms with Crippen LogP contribution in [0.5, 0.6) is 0 Å². The minimum absolute atomic E-state index is 0.377. The summed E-state index contributed by atoms with van der Waals surface area (Å²) >= 11 is 20.0. The molecule has 1 aromatic carbocycles. The van der Waals surface area contributed by atoms with E-state index in [0.717, 1.165) is 15.4 Å². The third kappa shape index (κ3) is 2.23. The largest absolute Gasteiger partial charge is 0.360 e. The lowest BCUT2D eigenvalue weighted by atomic mass is 10.1. The topological polar surface area (TPSA) is 32.9 Å². The van der Waals surface area contributed by atoms with E-state index in [-0.39, 0.29) is 0 Å². The van der Waals surface area contributed by atoms with Crippen molar-refractivity contribution in [2.24, 2.45) is 0 Å². The Labute approximate surface area is 115 Å². The van der Waals surface area contributed by atoms with Gasteiger partial charge in [-0.2, -0.15) is 0 Å². The van der Waals surface area contributed by atoms with Crippen molar-refractivity contribution in [1.82, 2.24) is 4.98 Å². The Morgan fingerprint density at radius 1 is 1.31 bits per heavy atom. The molecule has 0 aliphatic carbocycles. The Morgan fingerprint density at radius 3 is 2.62 bits per heavy atom. The van der Waals surface area contributed by atoms with E-state index in [1.807, 2.05) is 12.1 Å². The van der Waals surface area contributed by atoms with Crippen molar-refractivity contribution in [2.75, 3.05) is 0 Å². The zero-order valence-electron chi connectivity index (χ0n) is 7.73. The van der Waals surface area contributed by atoms with Crippen molar-refractivity contribution in [2.45, 2.75) is 3.79 Å². The smallest absolute Gasteiger partial charge is 0.253 e. The fourth-order valence-corrected chi connectivity index (χ4v) is 2.11. The maximum atomic E-state index is 11.8. The quantitative estimate of drug-likeness (QED) is 0.602. The average molecular weight is 341 g/mol. The van der Waals surface area contributed by atoms with Crippen molar-refractivity contribution in [3.05, 3.63) is 34.4 Å². The molecule has 2 aromatic rings. The van der Waals surface area contributed by atoms with Gasteiger partial charge in [0.25, 0.3) is 3.79 Å². The number of hydrogen-bond acceptors (Lipinski definition) is 1. The van der Waals surface area contributed by atoms with Gasteiger partial charge in [0, 0.05) is 27.1 Å². The number of benzene rings is 1. The average Bonchev–Trinajstić information content (AvgIpc) is 2.57. The molecule has 0 unspecified atom stereocenters. The van der Waals surface area contributed by atoms with Crippen LogP contribution in [0, 0.1) is 0 Å². The molecular weight excluding hydrogens is 336 g/mol. The molecule has 2 rings (SSSR count). The van der Waals surface area contributed by atoms with E-state index in [2.05, 4.69) is 20.9 Å². The van der Waals surface area contributed by atoms with Crippen LogP contribution in [0.1, 0.15) is 10.4 Å². The van der Waals surface area contributed by atoms with Crippen LogP contribution in [-0.4, -0.2) is 14.6 Å². The highest BCUT2D eigenvalue weighted by Crippen LogP contribution is 2.33. The zero-order chi connectivity index (χ0) is 11.9. The second kappa shape index (κ2) is 4.22. The number of hydrogen-bond donors (Lipinski definition) is 1. The van der Waals surface area contributed by atoms with Crippen LogP contribution in [0.25, 0.3) is 10.9 Å². The summed E-state index contributed by atoms with van der Waals surface area (Å²) in [7, 11) is 0. The molecule has 0 fully saturated rings. The lowest BCUT2D eigenvalue weighted by Crippen LogP contribution is -2.18. The van der Waals surface area contributed by atoms with Gasteiger partial charge in [-0.1, -0.05) is 56.8 Å². The Bertz CT molecular complexity index is 559. The molecule has 6 heteroatoms. The summed E-state index contributed by atoms with van der Waals surface area (Å²) < 4.78 is -1.02. The molecule has 1 aromatic heterocycles. The van der Waals surface area contributed by atoms with Gasteiger partial charge < -0.3 is 4.98 Å². The first-order chi connectivity index (χ1) is 7.39. The number of carbonyl (C=O) groups is 1. The minimum atomic E-state index is -1.93. The van der Waals surface area contributed by atoms with E-state index >= 15 is 0 Å². The molecule has 0 bridgehead atoms. The molecule has 84 valence electrons. The maximum absolute atomic E-state index is 11.8. The van der Waals surface area contributed by atoms with Crippen molar-refractivity contribution >= 4 is 67.4 Å². The second-order valence-corrected chi connectivity index (χ2v) is 6.42. The van der Waals surface area contributed by atoms with Crippen LogP contribution in [0.2, 0.25) is 0 Å². The van der Waals surface area contributed by atoms with Gasteiger partial charge in [0.2, 0.25) is 5.78 Å². The molecule has 0 atom stereocenters. The number of fused-ring (bicyclic) bond motifs is 1. The first-order valence-electron chi connectivity index (χ1n) is 4.28. The number of carbonyl (C=O) groups excluding carboxylic acids is 1. The number of ketones is 1. The summed E-state index contributed by atoms with van der Waals surface area (Å²) in [5.41, 5.74) is 1.19. The van der Waals surface area contributed by atoms with Crippen molar-refractivity contribution in [3.63, 3.8) is 0 Å². The lowest BCUT2D eigenvalue weighted by Gasteiger charge is -2.07. The monoisotopic (exact) mass is 339 g/mol. The van der Waals surface area contributed by atoms with Crippen molar-refractivity contribution in [1.29, 1.82) is 0 Å². The van der Waals surface area contributed by atoms with Gasteiger partial charge in [-0.25, -0.2) is 0 Å². The first-order valence-corrected chi connectivity index (χ1v) is 6.20. The van der Waals surface area contributed by atoms with Crippen LogP contribution in [0.3, 0.4) is 0 Å². The molecule has 1 heterocycles. The molecule has 16 heavy (non-hydrogen) atoms. The third-order valence-electron chi connectivity index (χ3n) is 2.15. The van der Waals surface area contributed by atoms with E-state index in [1.165, 1.54) is 0 Å². The van der Waals surface area contributed by atoms with Gasteiger partial charge in [0.05, 0.1) is 0 Å². The normalized spacial score (nSPS) is 12.0. The van der Waals surface area contributed by atoms with Crippen LogP contribution in [0.15, 0.2) is 28.9 Å². The van der Waals surface area contributed by atoms with Crippen LogP contribution in [0.4, 0.5) is 0 Å². The minimum Gasteiger partial charge on any atom is -0.360 e. The molecule has 2 nitrogen and oxygen atoms in total. The van der Waals surface area contributed by atoms with E-state index in [4.69, 9.17) is 34.8 Å². The van der Waals surface area contributed by atoms with Crippen LogP contribution < -0.4 is 0 Å². The number of halogens is 4. The SMILES string of the molecule is O=C(c1c[nH]c2cc(Br)ccc12)C(Cl)(Cl)Cl. The van der Waals surface area contributed by atoms with Gasteiger partial charge >= 0.3 is 0 Å². The van der Waals surface area contributed by atoms with E-state index in [1.54, 1.807) is 12.3 Å². The highest BCUT2D eigenvalue weighted by molar-refractivity contribution is 9.10. The predicted octanol–water partition coefficient (Wildman–Crippen LogP) is 4.48. The highest BCUT2D eigenvalue weighted by atomic mass is 79.9. The number of rotatable bonds is 1. The second-order valence-electron chi connectivity index (χ2n) is 3.22. The number of aromatic amines is 1. The maximum Gasteiger partial charge on any atom is 0.253 e. The Kier molecular flexibility index (Phi) is 3.23. The molecular formula is C10H5BrCl3NO. The Morgan fingerprint density at radius 2 is 2.00 bits per heavy atom. The molecule has 0 spiro atoms. The molecule has 0 saturated carbocycles. The van der Waals surface area contributed by atoms with Crippen molar-refractivity contribution < 1.29 is 4.79 Å². The summed E-state index contributed by atoms with van der Waals surface area (Å²) in [5, 5.41) is 0.736. The lowest BCUT2D eigenvalue weighted by molar-refractivity contribution is 0.0998. The number of H-pyrrole nitrogens is 1. The third-order valence-corrected chi connectivity index (χ3v) is 3.15. The fourth-order valence-electron chi connectivity index (χ4n) is 1.44. The van der Waals surface area contributed by atoms with Gasteiger partial charge in [-0.3, -0.25) is 4.79 Å². The van der Waals surface area contributed by atoms with Gasteiger partial charge in [-0.05, 0) is 12.1 Å². The molecule has 0 saturated heterocycles. The highest BCUT2D eigenvalue weighted by Gasteiger charge is 2.33. The molecule has 0 aliphatic heterocycles. The molecule has 1 N–H and O–H groups in total. The first kappa shape index (κ1) is 12.2. The molecule has 0 radical (unpaired) electrons. The zero-order valence-corrected chi connectivity index (χ0v) is 11.6. The summed E-state index contributed by atoms with van der Waals surface area (Å²) in [6, 6.07) is 5.47. The summed E-state index contributed by atoms with van der Waals surface area (Å²) in [4.78, 5) is 14.8. The standard InChI is InChI=1S/C10H5BrCl3NO/c11-5-1-2-6-7(4-15-8(6)3-5)9(16)10(12,13)14/h1-4,15H. The predicted molar refractivity (Wildman–Crippen MR) is 70.6 cm³/mol. The van der Waals surface area contributed by atoms with Crippen molar-refractivity contribution in [3.8, 4) is 0 Å². The number of alkyl halides is 3. The van der Waals surface area contributed by atoms with E-state index in [9.17, 15) is 4.79 Å². The van der Waals surface area contributed by atoms with E-state index < -0.39 is 9.58 Å². The summed E-state index contributed by atoms with van der Waals surface area (Å²) in [6.07, 6.45) is 1.54. The number of nitrogens with one attached hydrogen (secondary N) is 1. The Balaban J connectivity index is 2.59. The van der Waals surface area contributed by atoms with Gasteiger partial charge in [-0.15, -0.1) is 0 Å². The number of aromatic nitrogens is 1. The van der Waals surface area contributed by atoms with E-state index in [0.29, 0.717) is 5.56 Å². The molecule has 0 amide bonds. The summed E-state index contributed by atoms with van der Waals surface area (Å²) in [6.45, 7) is 0. The van der Waals surface area contributed by atoms with Crippen LogP contribution >= 0.6 is 50.7 Å². The van der Waals surface area contributed by atoms with Crippen LogP contribution in [-0.2, 0) is 0 Å². The fraction of sp³-hybridized carbons (Fsp3) is 0.100. The Hall–Kier alpha value is -0.220. The molecule has 0 aliphatic rings. The van der Waals surface area contributed by atoms with Gasteiger partial charge in [0.1, 0.15) is 0 Å².